The van der Waals surface area contributed by atoms with E-state index < -0.39 is 12.2 Å². The van der Waals surface area contributed by atoms with E-state index in [1.165, 1.54) is 12.4 Å². The largest absolute Gasteiger partial charge is 0.437 e. The highest BCUT2D eigenvalue weighted by Gasteiger charge is 2.44. The van der Waals surface area contributed by atoms with Crippen LogP contribution in [0.4, 0.5) is 18.9 Å². The Morgan fingerprint density at radius 3 is 2.84 bits per heavy atom. The lowest BCUT2D eigenvalue weighted by molar-refractivity contribution is -0.160. The first-order chi connectivity index (χ1) is 14.8. The Hall–Kier alpha value is -3.40. The third-order valence-electron chi connectivity index (χ3n) is 5.04. The highest BCUT2D eigenvalue weighted by atomic mass is 19.4. The third-order valence-corrected chi connectivity index (χ3v) is 5.04. The van der Waals surface area contributed by atoms with E-state index >= 15 is 0 Å². The van der Waals surface area contributed by atoms with E-state index in [1.54, 1.807) is 24.3 Å². The predicted molar refractivity (Wildman–Crippen MR) is 109 cm³/mol. The lowest BCUT2D eigenvalue weighted by Gasteiger charge is -2.32. The van der Waals surface area contributed by atoms with Gasteiger partial charge in [0, 0.05) is 29.6 Å². The number of H-pyrrole nitrogens is 1. The van der Waals surface area contributed by atoms with Crippen LogP contribution in [-0.4, -0.2) is 33.1 Å². The lowest BCUT2D eigenvalue weighted by Crippen LogP contribution is -2.43. The van der Waals surface area contributed by atoms with Crippen LogP contribution in [0.2, 0.25) is 0 Å². The fourth-order valence-corrected chi connectivity index (χ4v) is 3.29. The van der Waals surface area contributed by atoms with E-state index in [1.807, 2.05) is 0 Å². The van der Waals surface area contributed by atoms with Crippen LogP contribution in [0.15, 0.2) is 49.3 Å². The smallest absolute Gasteiger partial charge is 0.408 e. The summed E-state index contributed by atoms with van der Waals surface area (Å²) >= 11 is 0. The second-order valence-corrected chi connectivity index (χ2v) is 7.24. The molecule has 7 nitrogen and oxygen atoms in total. The molecule has 0 radical (unpaired) electrons. The van der Waals surface area contributed by atoms with Crippen LogP contribution in [0.25, 0.3) is 11.2 Å². The zero-order chi connectivity index (χ0) is 22.0. The minimum atomic E-state index is -4.49. The topological polar surface area (TPSA) is 91.9 Å². The van der Waals surface area contributed by atoms with E-state index in [4.69, 9.17) is 4.74 Å². The maximum Gasteiger partial charge on any atom is 0.408 e. The van der Waals surface area contributed by atoms with E-state index in [0.717, 1.165) is 12.5 Å². The molecule has 10 heteroatoms. The molecule has 1 aromatic carbocycles. The highest BCUT2D eigenvalue weighted by molar-refractivity contribution is 5.98. The molecule has 0 bridgehead atoms. The van der Waals surface area contributed by atoms with Gasteiger partial charge in [0.05, 0.1) is 6.20 Å². The normalized spacial score (nSPS) is 15.3. The summed E-state index contributed by atoms with van der Waals surface area (Å²) in [6.45, 7) is 3.39. The van der Waals surface area contributed by atoms with Gasteiger partial charge in [0.1, 0.15) is 17.3 Å². The van der Waals surface area contributed by atoms with Crippen molar-refractivity contribution in [3.05, 3.63) is 54.9 Å². The third kappa shape index (κ3) is 4.69. The standard InChI is InChI=1S/C21H20F3N5O2/c1-2-16(30)27-13-7-4-8-14(9-13)31-17-11-26-20-18(29-17)15(10-25-20)19(21(22,23)24)28-12-5-3-6-12/h2,4,7-12,19,28H,1,3,5-6H2,(H,25,26)(H,27,30). The predicted octanol–water partition coefficient (Wildman–Crippen LogP) is 4.62. The molecule has 1 saturated carbocycles. The number of hydrogen-bond acceptors (Lipinski definition) is 5. The van der Waals surface area contributed by atoms with Gasteiger partial charge in [-0.25, -0.2) is 9.97 Å². The fraction of sp³-hybridized carbons (Fsp3) is 0.286. The Morgan fingerprint density at radius 1 is 1.35 bits per heavy atom. The van der Waals surface area contributed by atoms with Gasteiger partial charge in [-0.15, -0.1) is 0 Å². The number of aromatic nitrogens is 3. The molecule has 2 heterocycles. The van der Waals surface area contributed by atoms with Crippen LogP contribution in [0.1, 0.15) is 30.9 Å². The molecule has 0 spiro atoms. The van der Waals surface area contributed by atoms with Crippen molar-refractivity contribution < 1.29 is 22.7 Å². The first-order valence-electron chi connectivity index (χ1n) is 9.71. The minimum absolute atomic E-state index is 0.0284. The van der Waals surface area contributed by atoms with Crippen molar-refractivity contribution in [2.45, 2.75) is 37.5 Å². The maximum absolute atomic E-state index is 13.8. The van der Waals surface area contributed by atoms with Crippen molar-refractivity contribution in [2.24, 2.45) is 0 Å². The number of benzene rings is 1. The van der Waals surface area contributed by atoms with Gasteiger partial charge in [-0.05, 0) is 31.1 Å². The van der Waals surface area contributed by atoms with E-state index in [9.17, 15) is 18.0 Å². The van der Waals surface area contributed by atoms with Crippen LogP contribution in [-0.2, 0) is 4.79 Å². The summed E-state index contributed by atoms with van der Waals surface area (Å²) < 4.78 is 47.0. The summed E-state index contributed by atoms with van der Waals surface area (Å²) in [7, 11) is 0. The van der Waals surface area contributed by atoms with Crippen LogP contribution in [0.5, 0.6) is 11.6 Å². The molecule has 0 saturated heterocycles. The molecular formula is C21H20F3N5O2. The van der Waals surface area contributed by atoms with E-state index in [0.29, 0.717) is 24.3 Å². The quantitative estimate of drug-likeness (QED) is 0.475. The second kappa shape index (κ2) is 8.38. The van der Waals surface area contributed by atoms with Crippen molar-refractivity contribution >= 4 is 22.8 Å². The lowest BCUT2D eigenvalue weighted by atomic mass is 9.91. The number of amides is 1. The van der Waals surface area contributed by atoms with Crippen molar-refractivity contribution in [1.82, 2.24) is 20.3 Å². The van der Waals surface area contributed by atoms with Crippen molar-refractivity contribution in [3.8, 4) is 11.6 Å². The van der Waals surface area contributed by atoms with Crippen molar-refractivity contribution in [3.63, 3.8) is 0 Å². The van der Waals surface area contributed by atoms with Crippen LogP contribution in [0, 0.1) is 0 Å². The van der Waals surface area contributed by atoms with Gasteiger partial charge in [-0.3, -0.25) is 10.1 Å². The molecule has 1 fully saturated rings. The van der Waals surface area contributed by atoms with Gasteiger partial charge < -0.3 is 15.0 Å². The minimum Gasteiger partial charge on any atom is -0.437 e. The van der Waals surface area contributed by atoms with Crippen LogP contribution < -0.4 is 15.4 Å². The highest BCUT2D eigenvalue weighted by Crippen LogP contribution is 2.38. The zero-order valence-corrected chi connectivity index (χ0v) is 16.4. The zero-order valence-electron chi connectivity index (χ0n) is 16.4. The number of ether oxygens (including phenoxy) is 1. The molecule has 1 aliphatic rings. The molecule has 4 rings (SSSR count). The Balaban J connectivity index is 1.61. The average Bonchev–Trinajstić information content (AvgIpc) is 3.09. The molecule has 3 N–H and O–H groups in total. The number of carbonyl (C=O) groups is 1. The molecule has 31 heavy (non-hydrogen) atoms. The molecule has 3 aromatic rings. The summed E-state index contributed by atoms with van der Waals surface area (Å²) in [4.78, 5) is 22.6. The molecule has 1 aliphatic carbocycles. The Morgan fingerprint density at radius 2 is 2.16 bits per heavy atom. The van der Waals surface area contributed by atoms with E-state index in [-0.39, 0.29) is 34.6 Å². The van der Waals surface area contributed by atoms with Crippen molar-refractivity contribution in [2.75, 3.05) is 5.32 Å². The number of fused-ring (bicyclic) bond motifs is 1. The summed E-state index contributed by atoms with van der Waals surface area (Å²) in [5, 5.41) is 5.29. The number of halogens is 3. The number of carbonyl (C=O) groups excluding carboxylic acids is 1. The van der Waals surface area contributed by atoms with Gasteiger partial charge in [0.15, 0.2) is 5.65 Å². The molecule has 1 amide bonds. The molecular weight excluding hydrogens is 411 g/mol. The first-order valence-corrected chi connectivity index (χ1v) is 9.71. The SMILES string of the molecule is C=CC(=O)Nc1cccc(Oc2cnc3[nH]cc(C(NC4CCC4)C(F)(F)F)c3n2)c1. The summed E-state index contributed by atoms with van der Waals surface area (Å²) in [5.74, 6) is -0.00911. The number of nitrogens with zero attached hydrogens (tertiary/aromatic N) is 2. The summed E-state index contributed by atoms with van der Waals surface area (Å²) in [5.41, 5.74) is 0.765. The number of rotatable bonds is 7. The van der Waals surface area contributed by atoms with Gasteiger partial charge in [-0.1, -0.05) is 19.1 Å². The summed E-state index contributed by atoms with van der Waals surface area (Å²) in [6.07, 6.45) is 1.60. The number of alkyl halides is 3. The number of nitrogens with one attached hydrogen (secondary N) is 3. The summed E-state index contributed by atoms with van der Waals surface area (Å²) in [6, 6.07) is 4.48. The molecule has 1 atom stereocenters. The molecule has 2 aromatic heterocycles. The second-order valence-electron chi connectivity index (χ2n) is 7.24. The first kappa shape index (κ1) is 20.9. The van der Waals surface area contributed by atoms with Crippen molar-refractivity contribution in [1.29, 1.82) is 0 Å². The van der Waals surface area contributed by atoms with Gasteiger partial charge in [-0.2, -0.15) is 13.2 Å². The Bertz CT molecular complexity index is 1110. The molecule has 0 aliphatic heterocycles. The van der Waals surface area contributed by atoms with Gasteiger partial charge >= 0.3 is 6.18 Å². The Labute approximate surface area is 175 Å². The Kier molecular flexibility index (Phi) is 5.64. The number of aromatic amines is 1. The molecule has 1 unspecified atom stereocenters. The van der Waals surface area contributed by atoms with Gasteiger partial charge in [0.25, 0.3) is 0 Å². The van der Waals surface area contributed by atoms with Crippen LogP contribution >= 0.6 is 0 Å². The van der Waals surface area contributed by atoms with Crippen LogP contribution in [0.3, 0.4) is 0 Å². The average molecular weight is 431 g/mol. The number of hydrogen-bond donors (Lipinski definition) is 3. The number of anilines is 1. The maximum atomic E-state index is 13.8. The monoisotopic (exact) mass is 431 g/mol. The van der Waals surface area contributed by atoms with E-state index in [2.05, 4.69) is 32.2 Å². The fourth-order valence-electron chi connectivity index (χ4n) is 3.29. The van der Waals surface area contributed by atoms with Gasteiger partial charge in [0.2, 0.25) is 11.8 Å². The molecule has 162 valence electrons.